The summed E-state index contributed by atoms with van der Waals surface area (Å²) in [5, 5.41) is 11.4. The van der Waals surface area contributed by atoms with Crippen LogP contribution in [-0.4, -0.2) is 23.1 Å². The smallest absolute Gasteiger partial charge is 0.253 e. The maximum Gasteiger partial charge on any atom is 0.253 e. The standard InChI is InChI=1S/C9H10ClNO2/c10-6-8(12)11-9(13)7-4-2-1-3-5-7/h1-5,8,12H,6H2,(H,11,13). The monoisotopic (exact) mass is 199 g/mol. The maximum atomic E-state index is 11.3. The lowest BCUT2D eigenvalue weighted by molar-refractivity contribution is 0.0823. The van der Waals surface area contributed by atoms with Crippen LogP contribution in [0.1, 0.15) is 10.4 Å². The minimum atomic E-state index is -0.991. The highest BCUT2D eigenvalue weighted by Crippen LogP contribution is 1.98. The van der Waals surface area contributed by atoms with E-state index in [0.717, 1.165) is 0 Å². The third-order valence-corrected chi connectivity index (χ3v) is 1.77. The first-order valence-corrected chi connectivity index (χ1v) is 4.37. The van der Waals surface area contributed by atoms with Crippen LogP contribution in [0.2, 0.25) is 0 Å². The number of nitrogens with one attached hydrogen (secondary N) is 1. The maximum absolute atomic E-state index is 11.3. The molecule has 4 heteroatoms. The molecule has 0 aliphatic heterocycles. The van der Waals surface area contributed by atoms with Gasteiger partial charge in [0, 0.05) is 5.56 Å². The molecule has 0 saturated heterocycles. The predicted molar refractivity (Wildman–Crippen MR) is 50.6 cm³/mol. The summed E-state index contributed by atoms with van der Waals surface area (Å²) in [5.41, 5.74) is 0.506. The number of hydrogen-bond donors (Lipinski definition) is 2. The lowest BCUT2D eigenvalue weighted by Crippen LogP contribution is -2.35. The molecule has 1 aromatic rings. The van der Waals surface area contributed by atoms with Crippen LogP contribution in [0.3, 0.4) is 0 Å². The highest BCUT2D eigenvalue weighted by Gasteiger charge is 2.08. The number of aliphatic hydroxyl groups is 1. The number of benzene rings is 1. The largest absolute Gasteiger partial charge is 0.372 e. The number of aliphatic hydroxyl groups excluding tert-OH is 1. The van der Waals surface area contributed by atoms with Crippen molar-refractivity contribution in [2.24, 2.45) is 0 Å². The number of carbonyl (C=O) groups excluding carboxylic acids is 1. The van der Waals surface area contributed by atoms with Crippen molar-refractivity contribution in [1.29, 1.82) is 0 Å². The third-order valence-electron chi connectivity index (χ3n) is 1.48. The van der Waals surface area contributed by atoms with Gasteiger partial charge in [0.1, 0.15) is 6.23 Å². The van der Waals surface area contributed by atoms with Crippen LogP contribution in [0.5, 0.6) is 0 Å². The van der Waals surface area contributed by atoms with Crippen molar-refractivity contribution in [2.75, 3.05) is 5.88 Å². The molecule has 1 rings (SSSR count). The molecule has 0 aromatic heterocycles. The van der Waals surface area contributed by atoms with E-state index in [1.54, 1.807) is 24.3 Å². The van der Waals surface area contributed by atoms with E-state index in [2.05, 4.69) is 5.32 Å². The van der Waals surface area contributed by atoms with E-state index < -0.39 is 6.23 Å². The minimum Gasteiger partial charge on any atom is -0.372 e. The molecule has 0 heterocycles. The van der Waals surface area contributed by atoms with Crippen molar-refractivity contribution in [3.8, 4) is 0 Å². The van der Waals surface area contributed by atoms with Crippen molar-refractivity contribution < 1.29 is 9.90 Å². The number of alkyl halides is 1. The molecule has 0 aliphatic rings. The predicted octanol–water partition coefficient (Wildman–Crippen LogP) is 0.974. The molecule has 1 amide bonds. The Morgan fingerprint density at radius 1 is 1.46 bits per heavy atom. The molecule has 1 aromatic carbocycles. The van der Waals surface area contributed by atoms with Gasteiger partial charge in [0.2, 0.25) is 0 Å². The summed E-state index contributed by atoms with van der Waals surface area (Å²) in [4.78, 5) is 11.3. The zero-order valence-electron chi connectivity index (χ0n) is 6.90. The van der Waals surface area contributed by atoms with Crippen LogP contribution in [-0.2, 0) is 0 Å². The topological polar surface area (TPSA) is 49.3 Å². The summed E-state index contributed by atoms with van der Waals surface area (Å²) in [6.45, 7) is 0. The number of carbonyl (C=O) groups is 1. The van der Waals surface area contributed by atoms with E-state index in [1.165, 1.54) is 0 Å². The van der Waals surface area contributed by atoms with E-state index in [9.17, 15) is 4.79 Å². The Morgan fingerprint density at radius 3 is 2.62 bits per heavy atom. The van der Waals surface area contributed by atoms with Gasteiger partial charge in [0.05, 0.1) is 5.88 Å². The number of rotatable bonds is 3. The van der Waals surface area contributed by atoms with E-state index in [1.807, 2.05) is 6.07 Å². The first kappa shape index (κ1) is 10.0. The summed E-state index contributed by atoms with van der Waals surface area (Å²) in [5.74, 6) is -0.341. The highest BCUT2D eigenvalue weighted by atomic mass is 35.5. The Bertz CT molecular complexity index is 276. The normalized spacial score (nSPS) is 12.2. The molecule has 70 valence electrons. The Balaban J connectivity index is 2.59. The zero-order valence-corrected chi connectivity index (χ0v) is 7.66. The SMILES string of the molecule is O=C(NC(O)CCl)c1ccccc1. The fourth-order valence-corrected chi connectivity index (χ4v) is 0.940. The summed E-state index contributed by atoms with van der Waals surface area (Å²) < 4.78 is 0. The molecule has 1 atom stereocenters. The van der Waals surface area contributed by atoms with Gasteiger partial charge in [-0.05, 0) is 12.1 Å². The Morgan fingerprint density at radius 2 is 2.08 bits per heavy atom. The lowest BCUT2D eigenvalue weighted by atomic mass is 10.2. The Labute approximate surface area is 81.3 Å². The van der Waals surface area contributed by atoms with Crippen LogP contribution >= 0.6 is 11.6 Å². The molecule has 3 nitrogen and oxygen atoms in total. The Hall–Kier alpha value is -1.06. The quantitative estimate of drug-likeness (QED) is 0.563. The van der Waals surface area contributed by atoms with Crippen molar-refractivity contribution in [1.82, 2.24) is 5.32 Å². The molecule has 13 heavy (non-hydrogen) atoms. The number of amides is 1. The highest BCUT2D eigenvalue weighted by molar-refractivity contribution is 6.18. The van der Waals surface area contributed by atoms with Crippen molar-refractivity contribution >= 4 is 17.5 Å². The first-order valence-electron chi connectivity index (χ1n) is 3.84. The van der Waals surface area contributed by atoms with Crippen molar-refractivity contribution in [3.63, 3.8) is 0 Å². The second kappa shape index (κ2) is 4.84. The van der Waals surface area contributed by atoms with Gasteiger partial charge in [0.25, 0.3) is 5.91 Å². The molecule has 0 aliphatic carbocycles. The summed E-state index contributed by atoms with van der Waals surface area (Å²) in [7, 11) is 0. The number of hydrogen-bond acceptors (Lipinski definition) is 2. The average molecular weight is 200 g/mol. The summed E-state index contributed by atoms with van der Waals surface area (Å²) in [6, 6.07) is 8.64. The second-order valence-corrected chi connectivity index (χ2v) is 2.82. The zero-order chi connectivity index (χ0) is 9.68. The molecule has 0 fully saturated rings. The molecule has 0 bridgehead atoms. The van der Waals surface area contributed by atoms with E-state index in [4.69, 9.17) is 16.7 Å². The van der Waals surface area contributed by atoms with Crippen LogP contribution in [0, 0.1) is 0 Å². The Kier molecular flexibility index (Phi) is 3.73. The molecule has 0 saturated carbocycles. The van der Waals surface area contributed by atoms with Gasteiger partial charge in [0.15, 0.2) is 0 Å². The molecule has 0 radical (unpaired) electrons. The van der Waals surface area contributed by atoms with Gasteiger partial charge in [-0.15, -0.1) is 11.6 Å². The third kappa shape index (κ3) is 3.05. The van der Waals surface area contributed by atoms with Crippen molar-refractivity contribution in [2.45, 2.75) is 6.23 Å². The molecule has 1 unspecified atom stereocenters. The van der Waals surface area contributed by atoms with E-state index >= 15 is 0 Å². The van der Waals surface area contributed by atoms with Gasteiger partial charge < -0.3 is 10.4 Å². The first-order chi connectivity index (χ1) is 6.24. The molecule has 0 spiro atoms. The minimum absolute atomic E-state index is 0.0153. The van der Waals surface area contributed by atoms with E-state index in [0.29, 0.717) is 5.56 Å². The van der Waals surface area contributed by atoms with E-state index in [-0.39, 0.29) is 11.8 Å². The van der Waals surface area contributed by atoms with Gasteiger partial charge >= 0.3 is 0 Å². The van der Waals surface area contributed by atoms with Gasteiger partial charge in [-0.2, -0.15) is 0 Å². The molecular weight excluding hydrogens is 190 g/mol. The molecule has 2 N–H and O–H groups in total. The van der Waals surface area contributed by atoms with Crippen LogP contribution in [0.4, 0.5) is 0 Å². The fourth-order valence-electron chi connectivity index (χ4n) is 0.863. The van der Waals surface area contributed by atoms with Crippen LogP contribution in [0.25, 0.3) is 0 Å². The van der Waals surface area contributed by atoms with Crippen LogP contribution < -0.4 is 5.32 Å². The summed E-state index contributed by atoms with van der Waals surface area (Å²) >= 11 is 5.32. The van der Waals surface area contributed by atoms with Crippen LogP contribution in [0.15, 0.2) is 30.3 Å². The second-order valence-electron chi connectivity index (χ2n) is 2.51. The number of halogens is 1. The van der Waals surface area contributed by atoms with Gasteiger partial charge in [-0.25, -0.2) is 0 Å². The molecular formula is C9H10ClNO2. The summed E-state index contributed by atoms with van der Waals surface area (Å²) in [6.07, 6.45) is -0.991. The average Bonchev–Trinajstić information content (AvgIpc) is 2.19. The van der Waals surface area contributed by atoms with Gasteiger partial charge in [-0.1, -0.05) is 18.2 Å². The van der Waals surface area contributed by atoms with Gasteiger partial charge in [-0.3, -0.25) is 4.79 Å². The van der Waals surface area contributed by atoms with Crippen molar-refractivity contribution in [3.05, 3.63) is 35.9 Å². The lowest BCUT2D eigenvalue weighted by Gasteiger charge is -2.08. The fraction of sp³-hybridized carbons (Fsp3) is 0.222.